The highest BCUT2D eigenvalue weighted by molar-refractivity contribution is 6.33. The highest BCUT2D eigenvalue weighted by atomic mass is 35.5. The third-order valence-electron chi connectivity index (χ3n) is 2.40. The fourth-order valence-electron chi connectivity index (χ4n) is 1.55. The van der Waals surface area contributed by atoms with Crippen molar-refractivity contribution in [2.45, 2.75) is 13.8 Å². The van der Waals surface area contributed by atoms with E-state index in [1.165, 1.54) is 0 Å². The lowest BCUT2D eigenvalue weighted by Crippen LogP contribution is -2.27. The number of rotatable bonds is 6. The number of hydrogen-bond acceptors (Lipinski definition) is 3. The Hall–Kier alpha value is -0.930. The van der Waals surface area contributed by atoms with Gasteiger partial charge in [0, 0.05) is 25.4 Å². The molecule has 0 radical (unpaired) electrons. The topological polar surface area (TPSA) is 38.5 Å². The average Bonchev–Trinajstić information content (AvgIpc) is 2.26. The Morgan fingerprint density at radius 1 is 1.38 bits per heavy atom. The molecular formula is C12H19ClN2O. The fourth-order valence-corrected chi connectivity index (χ4v) is 1.86. The molecule has 0 spiro atoms. The molecule has 0 bridgehead atoms. The molecule has 1 aromatic rings. The van der Waals surface area contributed by atoms with Crippen molar-refractivity contribution >= 4 is 23.0 Å². The van der Waals surface area contributed by atoms with Crippen molar-refractivity contribution in [1.29, 1.82) is 0 Å². The lowest BCUT2D eigenvalue weighted by molar-refractivity contribution is 0.154. The number of anilines is 2. The summed E-state index contributed by atoms with van der Waals surface area (Å²) in [5.41, 5.74) is 7.36. The van der Waals surface area contributed by atoms with E-state index in [9.17, 15) is 0 Å². The molecule has 1 rings (SSSR count). The van der Waals surface area contributed by atoms with E-state index in [1.807, 2.05) is 19.1 Å². The van der Waals surface area contributed by atoms with E-state index in [-0.39, 0.29) is 0 Å². The summed E-state index contributed by atoms with van der Waals surface area (Å²) in [7, 11) is 0. The van der Waals surface area contributed by atoms with Crippen molar-refractivity contribution in [1.82, 2.24) is 0 Å². The average molecular weight is 243 g/mol. The van der Waals surface area contributed by atoms with Gasteiger partial charge in [-0.2, -0.15) is 0 Å². The van der Waals surface area contributed by atoms with E-state index in [1.54, 1.807) is 6.07 Å². The van der Waals surface area contributed by atoms with Crippen LogP contribution < -0.4 is 10.6 Å². The van der Waals surface area contributed by atoms with E-state index in [4.69, 9.17) is 22.1 Å². The normalized spacial score (nSPS) is 10.4. The van der Waals surface area contributed by atoms with Crippen molar-refractivity contribution in [3.05, 3.63) is 23.2 Å². The molecule has 1 aromatic carbocycles. The predicted molar refractivity (Wildman–Crippen MR) is 70.2 cm³/mol. The fraction of sp³-hybridized carbons (Fsp3) is 0.500. The van der Waals surface area contributed by atoms with Crippen molar-refractivity contribution in [2.75, 3.05) is 36.9 Å². The Morgan fingerprint density at radius 2 is 2.12 bits per heavy atom. The maximum Gasteiger partial charge on any atom is 0.0660 e. The first kappa shape index (κ1) is 13.1. The van der Waals surface area contributed by atoms with Crippen LogP contribution in [-0.4, -0.2) is 26.3 Å². The van der Waals surface area contributed by atoms with Crippen molar-refractivity contribution in [3.8, 4) is 0 Å². The van der Waals surface area contributed by atoms with Gasteiger partial charge in [-0.3, -0.25) is 0 Å². The number of nitrogens with two attached hydrogens (primary N) is 1. The van der Waals surface area contributed by atoms with Crippen molar-refractivity contribution in [3.63, 3.8) is 0 Å². The lowest BCUT2D eigenvalue weighted by Gasteiger charge is -2.24. The molecule has 0 amide bonds. The second kappa shape index (κ2) is 6.61. The van der Waals surface area contributed by atoms with Crippen LogP contribution in [0.3, 0.4) is 0 Å². The number of ether oxygens (including phenoxy) is 1. The molecule has 0 unspecified atom stereocenters. The standard InChI is InChI=1S/C12H19ClN2O/c1-3-15(7-8-16-4-2)12-6-5-10(14)9-11(12)13/h5-6,9H,3-4,7-8,14H2,1-2H3. The summed E-state index contributed by atoms with van der Waals surface area (Å²) >= 11 is 6.15. The molecule has 0 aromatic heterocycles. The Balaban J connectivity index is 2.70. The highest BCUT2D eigenvalue weighted by Gasteiger charge is 2.08. The van der Waals surface area contributed by atoms with Gasteiger partial charge in [0.25, 0.3) is 0 Å². The van der Waals surface area contributed by atoms with Gasteiger partial charge in [0.15, 0.2) is 0 Å². The minimum absolute atomic E-state index is 0.689. The summed E-state index contributed by atoms with van der Waals surface area (Å²) < 4.78 is 5.34. The number of benzene rings is 1. The molecule has 0 fully saturated rings. The molecular weight excluding hydrogens is 224 g/mol. The molecule has 0 aliphatic heterocycles. The molecule has 3 nitrogen and oxygen atoms in total. The third-order valence-corrected chi connectivity index (χ3v) is 2.71. The minimum atomic E-state index is 0.689. The van der Waals surface area contributed by atoms with E-state index in [2.05, 4.69) is 11.8 Å². The number of nitrogen functional groups attached to an aromatic ring is 1. The summed E-state index contributed by atoms with van der Waals surface area (Å²) in [6.45, 7) is 7.29. The van der Waals surface area contributed by atoms with Crippen LogP contribution in [0.5, 0.6) is 0 Å². The van der Waals surface area contributed by atoms with Crippen LogP contribution in [0.25, 0.3) is 0 Å². The number of nitrogens with zero attached hydrogens (tertiary/aromatic N) is 1. The van der Waals surface area contributed by atoms with Gasteiger partial charge >= 0.3 is 0 Å². The molecule has 0 atom stereocenters. The zero-order chi connectivity index (χ0) is 12.0. The van der Waals surface area contributed by atoms with Gasteiger partial charge in [-0.25, -0.2) is 0 Å². The van der Waals surface area contributed by atoms with Crippen LogP contribution in [0, 0.1) is 0 Å². The van der Waals surface area contributed by atoms with Gasteiger partial charge < -0.3 is 15.4 Å². The van der Waals surface area contributed by atoms with Crippen LogP contribution >= 0.6 is 11.6 Å². The molecule has 4 heteroatoms. The molecule has 0 aliphatic rings. The maximum atomic E-state index is 6.15. The van der Waals surface area contributed by atoms with Gasteiger partial charge in [0.2, 0.25) is 0 Å². The Morgan fingerprint density at radius 3 is 2.69 bits per heavy atom. The molecule has 0 saturated heterocycles. The first-order chi connectivity index (χ1) is 7.69. The van der Waals surface area contributed by atoms with Crippen LogP contribution in [0.2, 0.25) is 5.02 Å². The molecule has 2 N–H and O–H groups in total. The van der Waals surface area contributed by atoms with Crippen LogP contribution in [0.1, 0.15) is 13.8 Å². The largest absolute Gasteiger partial charge is 0.399 e. The third kappa shape index (κ3) is 3.58. The number of halogens is 1. The minimum Gasteiger partial charge on any atom is -0.399 e. The first-order valence-corrected chi connectivity index (χ1v) is 5.94. The Labute approximate surface area is 102 Å². The van der Waals surface area contributed by atoms with Gasteiger partial charge in [0.1, 0.15) is 0 Å². The SMILES string of the molecule is CCOCCN(CC)c1ccc(N)cc1Cl. The zero-order valence-electron chi connectivity index (χ0n) is 9.87. The summed E-state index contributed by atoms with van der Waals surface area (Å²) in [4.78, 5) is 2.18. The van der Waals surface area contributed by atoms with Gasteiger partial charge in [0.05, 0.1) is 17.3 Å². The van der Waals surface area contributed by atoms with Crippen LogP contribution in [0.15, 0.2) is 18.2 Å². The summed E-state index contributed by atoms with van der Waals surface area (Å²) in [5, 5.41) is 0.693. The molecule has 16 heavy (non-hydrogen) atoms. The predicted octanol–water partition coefficient (Wildman–Crippen LogP) is 2.79. The number of likely N-dealkylation sites (N-methyl/N-ethyl adjacent to an activating group) is 1. The van der Waals surface area contributed by atoms with Gasteiger partial charge in [-0.15, -0.1) is 0 Å². The van der Waals surface area contributed by atoms with E-state index >= 15 is 0 Å². The Kier molecular flexibility index (Phi) is 5.43. The first-order valence-electron chi connectivity index (χ1n) is 5.56. The lowest BCUT2D eigenvalue weighted by atomic mass is 10.2. The monoisotopic (exact) mass is 242 g/mol. The molecule has 0 saturated carbocycles. The van der Waals surface area contributed by atoms with Crippen molar-refractivity contribution < 1.29 is 4.74 Å². The summed E-state index contributed by atoms with van der Waals surface area (Å²) in [6.07, 6.45) is 0. The summed E-state index contributed by atoms with van der Waals surface area (Å²) in [6, 6.07) is 5.60. The maximum absolute atomic E-state index is 6.15. The summed E-state index contributed by atoms with van der Waals surface area (Å²) in [5.74, 6) is 0. The Bertz CT molecular complexity index is 331. The molecule has 0 aliphatic carbocycles. The van der Waals surface area contributed by atoms with Crippen LogP contribution in [-0.2, 0) is 4.74 Å². The molecule has 90 valence electrons. The molecule has 0 heterocycles. The highest BCUT2D eigenvalue weighted by Crippen LogP contribution is 2.27. The van der Waals surface area contributed by atoms with Gasteiger partial charge in [-0.05, 0) is 32.0 Å². The van der Waals surface area contributed by atoms with Crippen LogP contribution in [0.4, 0.5) is 11.4 Å². The van der Waals surface area contributed by atoms with E-state index in [0.29, 0.717) is 17.3 Å². The number of hydrogen-bond donors (Lipinski definition) is 1. The smallest absolute Gasteiger partial charge is 0.0660 e. The second-order valence-electron chi connectivity index (χ2n) is 3.49. The second-order valence-corrected chi connectivity index (χ2v) is 3.89. The van der Waals surface area contributed by atoms with E-state index in [0.717, 1.165) is 25.4 Å². The quantitative estimate of drug-likeness (QED) is 0.616. The van der Waals surface area contributed by atoms with Gasteiger partial charge in [-0.1, -0.05) is 11.6 Å². The zero-order valence-corrected chi connectivity index (χ0v) is 10.6. The van der Waals surface area contributed by atoms with E-state index < -0.39 is 0 Å². The van der Waals surface area contributed by atoms with Crippen molar-refractivity contribution in [2.24, 2.45) is 0 Å².